The third-order valence-electron chi connectivity index (χ3n) is 2.77. The third-order valence-corrected chi connectivity index (χ3v) is 2.77. The van der Waals surface area contributed by atoms with Gasteiger partial charge in [0.05, 0.1) is 11.6 Å². The lowest BCUT2D eigenvalue weighted by Crippen LogP contribution is -2.36. The molecule has 1 aromatic carbocycles. The first kappa shape index (κ1) is 11.4. The fourth-order valence-corrected chi connectivity index (χ4v) is 1.84. The molecule has 1 unspecified atom stereocenters. The van der Waals surface area contributed by atoms with Gasteiger partial charge in [0, 0.05) is 18.7 Å². The number of benzene rings is 1. The summed E-state index contributed by atoms with van der Waals surface area (Å²) in [5, 5.41) is 5.46. The molecule has 90 valence electrons. The molecule has 2 rings (SSSR count). The molecule has 0 radical (unpaired) electrons. The summed E-state index contributed by atoms with van der Waals surface area (Å²) in [6.45, 7) is 2.38. The normalized spacial score (nSPS) is 18.9. The van der Waals surface area contributed by atoms with Crippen LogP contribution >= 0.6 is 0 Å². The Hall–Kier alpha value is -2.04. The molecule has 17 heavy (non-hydrogen) atoms. The number of hydrogen-bond acceptors (Lipinski definition) is 3. The van der Waals surface area contributed by atoms with E-state index < -0.39 is 0 Å². The maximum Gasteiger partial charge on any atom is 0.253 e. The van der Waals surface area contributed by atoms with Crippen LogP contribution in [0.3, 0.4) is 0 Å². The number of nitrogens with one attached hydrogen (secondary N) is 2. The van der Waals surface area contributed by atoms with Crippen LogP contribution in [0.25, 0.3) is 0 Å². The minimum atomic E-state index is -0.229. The molecule has 0 saturated carbocycles. The Labute approximate surface area is 99.4 Å². The van der Waals surface area contributed by atoms with E-state index in [0.29, 0.717) is 24.2 Å². The van der Waals surface area contributed by atoms with Crippen LogP contribution in [0.5, 0.6) is 0 Å². The van der Waals surface area contributed by atoms with Gasteiger partial charge in [-0.05, 0) is 19.1 Å². The Morgan fingerprint density at radius 2 is 2.29 bits per heavy atom. The molecule has 4 N–H and O–H groups in total. The summed E-state index contributed by atoms with van der Waals surface area (Å²) in [6.07, 6.45) is 0.331. The van der Waals surface area contributed by atoms with E-state index >= 15 is 0 Å². The highest BCUT2D eigenvalue weighted by Crippen LogP contribution is 2.14. The molecule has 0 aliphatic carbocycles. The van der Waals surface area contributed by atoms with Gasteiger partial charge >= 0.3 is 0 Å². The lowest BCUT2D eigenvalue weighted by Gasteiger charge is -2.12. The Morgan fingerprint density at radius 1 is 1.53 bits per heavy atom. The van der Waals surface area contributed by atoms with Crippen LogP contribution < -0.4 is 16.4 Å². The second-order valence-corrected chi connectivity index (χ2v) is 4.27. The number of anilines is 1. The van der Waals surface area contributed by atoms with Gasteiger partial charge in [-0.2, -0.15) is 0 Å². The van der Waals surface area contributed by atoms with Crippen molar-refractivity contribution in [2.24, 2.45) is 0 Å². The maximum absolute atomic E-state index is 12.0. The summed E-state index contributed by atoms with van der Waals surface area (Å²) in [4.78, 5) is 23.0. The van der Waals surface area contributed by atoms with Gasteiger partial charge in [0.1, 0.15) is 0 Å². The number of hydrogen-bond donors (Lipinski definition) is 3. The van der Waals surface area contributed by atoms with E-state index in [4.69, 9.17) is 5.73 Å². The van der Waals surface area contributed by atoms with Gasteiger partial charge < -0.3 is 16.4 Å². The molecule has 5 nitrogen and oxygen atoms in total. The van der Waals surface area contributed by atoms with Gasteiger partial charge in [0.2, 0.25) is 5.91 Å². The van der Waals surface area contributed by atoms with Crippen LogP contribution in [0, 0.1) is 6.92 Å². The summed E-state index contributed by atoms with van der Waals surface area (Å²) in [6, 6.07) is 5.17. The molecular formula is C12H15N3O2. The van der Waals surface area contributed by atoms with Crippen molar-refractivity contribution < 1.29 is 9.59 Å². The minimum absolute atomic E-state index is 0.0347. The van der Waals surface area contributed by atoms with E-state index in [2.05, 4.69) is 10.6 Å². The van der Waals surface area contributed by atoms with Gasteiger partial charge in [-0.25, -0.2) is 0 Å². The summed E-state index contributed by atoms with van der Waals surface area (Å²) in [7, 11) is 0. The van der Waals surface area contributed by atoms with E-state index in [-0.39, 0.29) is 17.9 Å². The lowest BCUT2D eigenvalue weighted by atomic mass is 10.1. The van der Waals surface area contributed by atoms with Crippen molar-refractivity contribution in [3.63, 3.8) is 0 Å². The monoisotopic (exact) mass is 233 g/mol. The van der Waals surface area contributed by atoms with Crippen molar-refractivity contribution in [1.82, 2.24) is 10.6 Å². The first-order chi connectivity index (χ1) is 8.06. The SMILES string of the molecule is Cc1ccc(N)c(C(=O)NC2CNC(=O)C2)c1. The van der Waals surface area contributed by atoms with E-state index in [1.165, 1.54) is 0 Å². The molecular weight excluding hydrogens is 218 g/mol. The van der Waals surface area contributed by atoms with Crippen LogP contribution in [-0.2, 0) is 4.79 Å². The first-order valence-electron chi connectivity index (χ1n) is 5.50. The number of nitrogens with two attached hydrogens (primary N) is 1. The van der Waals surface area contributed by atoms with E-state index in [1.54, 1.807) is 12.1 Å². The Kier molecular flexibility index (Phi) is 2.99. The van der Waals surface area contributed by atoms with Crippen molar-refractivity contribution in [3.8, 4) is 0 Å². The zero-order valence-electron chi connectivity index (χ0n) is 9.62. The maximum atomic E-state index is 12.0. The van der Waals surface area contributed by atoms with Crippen LogP contribution in [-0.4, -0.2) is 24.4 Å². The quantitative estimate of drug-likeness (QED) is 0.638. The Balaban J connectivity index is 2.09. The standard InChI is InChI=1S/C12H15N3O2/c1-7-2-3-10(13)9(4-7)12(17)15-8-5-11(16)14-6-8/h2-4,8H,5-6,13H2,1H3,(H,14,16)(H,15,17). The molecule has 1 heterocycles. The number of nitrogen functional groups attached to an aromatic ring is 1. The predicted octanol–water partition coefficient (Wildman–Crippen LogP) is 0.196. The highest BCUT2D eigenvalue weighted by molar-refractivity contribution is 5.99. The van der Waals surface area contributed by atoms with Crippen molar-refractivity contribution in [2.75, 3.05) is 12.3 Å². The van der Waals surface area contributed by atoms with Crippen molar-refractivity contribution in [2.45, 2.75) is 19.4 Å². The molecule has 1 saturated heterocycles. The minimum Gasteiger partial charge on any atom is -0.398 e. The topological polar surface area (TPSA) is 84.2 Å². The summed E-state index contributed by atoms with van der Waals surface area (Å²) in [5.74, 6) is -0.264. The van der Waals surface area contributed by atoms with Crippen LogP contribution in [0.4, 0.5) is 5.69 Å². The molecule has 1 fully saturated rings. The smallest absolute Gasteiger partial charge is 0.253 e. The number of carbonyl (C=O) groups excluding carboxylic acids is 2. The molecule has 1 aliphatic rings. The summed E-state index contributed by atoms with van der Waals surface area (Å²) >= 11 is 0. The average Bonchev–Trinajstić information content (AvgIpc) is 2.67. The van der Waals surface area contributed by atoms with Gasteiger partial charge in [-0.1, -0.05) is 11.6 Å². The molecule has 1 atom stereocenters. The molecule has 2 amide bonds. The highest BCUT2D eigenvalue weighted by Gasteiger charge is 2.23. The predicted molar refractivity (Wildman–Crippen MR) is 64.5 cm³/mol. The fraction of sp³-hybridized carbons (Fsp3) is 0.333. The number of carbonyl (C=O) groups is 2. The number of aryl methyl sites for hydroxylation is 1. The highest BCUT2D eigenvalue weighted by atomic mass is 16.2. The van der Waals surface area contributed by atoms with Crippen LogP contribution in [0.15, 0.2) is 18.2 Å². The second-order valence-electron chi connectivity index (χ2n) is 4.27. The number of amides is 2. The summed E-state index contributed by atoms with van der Waals surface area (Å²) in [5.41, 5.74) is 7.64. The molecule has 0 aromatic heterocycles. The first-order valence-corrected chi connectivity index (χ1v) is 5.50. The zero-order valence-corrected chi connectivity index (χ0v) is 9.62. The van der Waals surface area contributed by atoms with Crippen molar-refractivity contribution in [3.05, 3.63) is 29.3 Å². The van der Waals surface area contributed by atoms with E-state index in [9.17, 15) is 9.59 Å². The fourth-order valence-electron chi connectivity index (χ4n) is 1.84. The number of rotatable bonds is 2. The van der Waals surface area contributed by atoms with E-state index in [0.717, 1.165) is 5.56 Å². The largest absolute Gasteiger partial charge is 0.398 e. The van der Waals surface area contributed by atoms with Crippen molar-refractivity contribution in [1.29, 1.82) is 0 Å². The van der Waals surface area contributed by atoms with Crippen LogP contribution in [0.2, 0.25) is 0 Å². The Morgan fingerprint density at radius 3 is 2.94 bits per heavy atom. The summed E-state index contributed by atoms with van der Waals surface area (Å²) < 4.78 is 0. The molecule has 0 bridgehead atoms. The van der Waals surface area contributed by atoms with E-state index in [1.807, 2.05) is 13.0 Å². The van der Waals surface area contributed by atoms with Gasteiger partial charge in [0.25, 0.3) is 5.91 Å². The van der Waals surface area contributed by atoms with Gasteiger partial charge in [-0.15, -0.1) is 0 Å². The van der Waals surface area contributed by atoms with Crippen molar-refractivity contribution >= 4 is 17.5 Å². The van der Waals surface area contributed by atoms with Gasteiger partial charge in [-0.3, -0.25) is 9.59 Å². The molecule has 1 aromatic rings. The molecule has 0 spiro atoms. The lowest BCUT2D eigenvalue weighted by molar-refractivity contribution is -0.119. The molecule has 5 heteroatoms. The second kappa shape index (κ2) is 4.45. The Bertz CT molecular complexity index is 471. The molecule has 1 aliphatic heterocycles. The average molecular weight is 233 g/mol. The van der Waals surface area contributed by atoms with Gasteiger partial charge in [0.15, 0.2) is 0 Å². The zero-order chi connectivity index (χ0) is 12.4. The van der Waals surface area contributed by atoms with Crippen LogP contribution in [0.1, 0.15) is 22.3 Å². The third kappa shape index (κ3) is 2.55.